The van der Waals surface area contributed by atoms with Gasteiger partial charge in [-0.25, -0.2) is 9.79 Å². The average Bonchev–Trinajstić information content (AvgIpc) is 3.12. The Labute approximate surface area is 179 Å². The highest BCUT2D eigenvalue weighted by atomic mass is 32.2. The number of ether oxygens (including phenoxy) is 2. The van der Waals surface area contributed by atoms with Crippen LogP contribution in [0.2, 0.25) is 0 Å². The number of hydrogen-bond acceptors (Lipinski definition) is 6. The van der Waals surface area contributed by atoms with Gasteiger partial charge >= 0.3 is 5.97 Å². The molecule has 0 unspecified atom stereocenters. The van der Waals surface area contributed by atoms with Crippen molar-refractivity contribution in [1.29, 1.82) is 0 Å². The highest BCUT2D eigenvalue weighted by Crippen LogP contribution is 2.47. The van der Waals surface area contributed by atoms with Crippen LogP contribution in [0.1, 0.15) is 38.3 Å². The first-order chi connectivity index (χ1) is 14.6. The first-order valence-electron chi connectivity index (χ1n) is 10.1. The Balaban J connectivity index is 2.04. The third-order valence-corrected chi connectivity index (χ3v) is 6.22. The number of carbonyl (C=O) groups is 2. The van der Waals surface area contributed by atoms with Gasteiger partial charge in [-0.1, -0.05) is 55.4 Å². The Morgan fingerprint density at radius 1 is 1.23 bits per heavy atom. The molecule has 156 valence electrons. The number of amidine groups is 1. The smallest absolute Gasteiger partial charge is 0.338 e. The topological polar surface area (TPSA) is 68.2 Å². The normalized spacial score (nSPS) is 18.5. The summed E-state index contributed by atoms with van der Waals surface area (Å²) in [7, 11) is 1.60. The molecule has 6 nitrogen and oxygen atoms in total. The van der Waals surface area contributed by atoms with E-state index < -0.39 is 12.0 Å². The fourth-order valence-electron chi connectivity index (χ4n) is 4.05. The lowest BCUT2D eigenvalue weighted by molar-refractivity contribution is -0.139. The number of thioether (sulfide) groups is 1. The summed E-state index contributed by atoms with van der Waals surface area (Å²) >= 11 is 1.41. The summed E-state index contributed by atoms with van der Waals surface area (Å²) in [5, 5.41) is 2.58. The van der Waals surface area contributed by atoms with Crippen LogP contribution in [0.5, 0.6) is 5.75 Å². The molecule has 2 aliphatic rings. The molecule has 0 spiro atoms. The number of allylic oxidation sites excluding steroid dienone is 1. The van der Waals surface area contributed by atoms with Crippen molar-refractivity contribution in [2.24, 2.45) is 4.99 Å². The lowest BCUT2D eigenvalue weighted by Crippen LogP contribution is -2.40. The Morgan fingerprint density at radius 2 is 2.03 bits per heavy atom. The zero-order valence-corrected chi connectivity index (χ0v) is 18.1. The number of rotatable bonds is 6. The Hall–Kier alpha value is -2.80. The molecule has 1 fully saturated rings. The SMILES string of the molecule is CCCC1=C(C(=O)OCC)[C@@H](c2c(OC)ccc3ccccc23)N2C(=O)CSC2=N1. The van der Waals surface area contributed by atoms with Gasteiger partial charge in [0.15, 0.2) is 5.17 Å². The van der Waals surface area contributed by atoms with Crippen molar-refractivity contribution in [3.8, 4) is 5.75 Å². The number of benzene rings is 2. The standard InChI is InChI=1S/C23H24N2O4S/c1-4-8-16-20(22(27)29-5-2)21(25-18(26)13-30-23(25)24-16)19-15-10-7-6-9-14(15)11-12-17(19)28-3/h6-7,9-12,21H,4-5,8,13H2,1-3H3/t21-/m1/s1. The summed E-state index contributed by atoms with van der Waals surface area (Å²) in [5.41, 5.74) is 1.90. The number of nitrogens with zero attached hydrogens (tertiary/aromatic N) is 2. The van der Waals surface area contributed by atoms with E-state index in [4.69, 9.17) is 14.5 Å². The summed E-state index contributed by atoms with van der Waals surface area (Å²) in [6.07, 6.45) is 1.46. The predicted octanol–water partition coefficient (Wildman–Crippen LogP) is 4.45. The number of carbonyl (C=O) groups excluding carboxylic acids is 2. The van der Waals surface area contributed by atoms with Crippen molar-refractivity contribution in [3.63, 3.8) is 0 Å². The highest BCUT2D eigenvalue weighted by Gasteiger charge is 2.45. The molecule has 0 aromatic heterocycles. The molecule has 2 aromatic rings. The molecule has 1 saturated heterocycles. The van der Waals surface area contributed by atoms with E-state index in [1.54, 1.807) is 18.9 Å². The first kappa shape index (κ1) is 20.5. The summed E-state index contributed by atoms with van der Waals surface area (Å²) in [5.74, 6) is 0.421. The molecule has 2 heterocycles. The molecule has 1 atom stereocenters. The van der Waals surface area contributed by atoms with Gasteiger partial charge in [0.2, 0.25) is 5.91 Å². The number of hydrogen-bond donors (Lipinski definition) is 0. The van der Waals surface area contributed by atoms with Gasteiger partial charge in [0.25, 0.3) is 0 Å². The second-order valence-corrected chi connectivity index (χ2v) is 8.03. The molecule has 4 rings (SSSR count). The number of esters is 1. The zero-order valence-electron chi connectivity index (χ0n) is 17.3. The molecule has 30 heavy (non-hydrogen) atoms. The summed E-state index contributed by atoms with van der Waals surface area (Å²) < 4.78 is 11.1. The Morgan fingerprint density at radius 3 is 2.77 bits per heavy atom. The summed E-state index contributed by atoms with van der Waals surface area (Å²) in [6, 6.07) is 11.2. The molecule has 0 N–H and O–H groups in total. The molecule has 0 radical (unpaired) electrons. The number of methoxy groups -OCH3 is 1. The second-order valence-electron chi connectivity index (χ2n) is 7.08. The lowest BCUT2D eigenvalue weighted by atomic mass is 9.89. The Kier molecular flexibility index (Phi) is 5.81. The van der Waals surface area contributed by atoms with Gasteiger partial charge in [0.05, 0.1) is 30.7 Å². The molecule has 0 saturated carbocycles. The quantitative estimate of drug-likeness (QED) is 0.641. The van der Waals surface area contributed by atoms with E-state index in [1.165, 1.54) is 11.8 Å². The van der Waals surface area contributed by atoms with Crippen molar-refractivity contribution in [3.05, 3.63) is 53.2 Å². The molecule has 0 bridgehead atoms. The number of aliphatic imine (C=N–C) groups is 1. The van der Waals surface area contributed by atoms with Crippen molar-refractivity contribution < 1.29 is 19.1 Å². The maximum absolute atomic E-state index is 13.2. The molecule has 1 amide bonds. The Bertz CT molecular complexity index is 1080. The third-order valence-electron chi connectivity index (χ3n) is 5.28. The first-order valence-corrected chi connectivity index (χ1v) is 11.1. The third kappa shape index (κ3) is 3.37. The predicted molar refractivity (Wildman–Crippen MR) is 119 cm³/mol. The van der Waals surface area contributed by atoms with Gasteiger partial charge in [-0.3, -0.25) is 9.69 Å². The number of amides is 1. The van der Waals surface area contributed by atoms with E-state index in [0.717, 1.165) is 22.8 Å². The van der Waals surface area contributed by atoms with Gasteiger partial charge < -0.3 is 9.47 Å². The van der Waals surface area contributed by atoms with E-state index in [0.29, 0.717) is 34.4 Å². The molecule has 2 aliphatic heterocycles. The van der Waals surface area contributed by atoms with Crippen LogP contribution in [0.25, 0.3) is 10.8 Å². The van der Waals surface area contributed by atoms with Crippen LogP contribution < -0.4 is 4.74 Å². The lowest BCUT2D eigenvalue weighted by Gasteiger charge is -2.34. The summed E-state index contributed by atoms with van der Waals surface area (Å²) in [4.78, 5) is 32.4. The van der Waals surface area contributed by atoms with Crippen molar-refractivity contribution in [2.45, 2.75) is 32.7 Å². The van der Waals surface area contributed by atoms with Crippen molar-refractivity contribution >= 4 is 39.6 Å². The molecule has 0 aliphatic carbocycles. The van der Waals surface area contributed by atoms with Gasteiger partial charge in [0, 0.05) is 5.56 Å². The van der Waals surface area contributed by atoms with Crippen LogP contribution in [0, 0.1) is 0 Å². The minimum Gasteiger partial charge on any atom is -0.496 e. The van der Waals surface area contributed by atoms with Crippen LogP contribution in [0.4, 0.5) is 0 Å². The fraction of sp³-hybridized carbons (Fsp3) is 0.348. The average molecular weight is 425 g/mol. The summed E-state index contributed by atoms with van der Waals surface area (Å²) in [6.45, 7) is 4.07. The monoisotopic (exact) mass is 424 g/mol. The van der Waals surface area contributed by atoms with Gasteiger partial charge in [-0.2, -0.15) is 0 Å². The minimum absolute atomic E-state index is 0.0731. The van der Waals surface area contributed by atoms with E-state index in [9.17, 15) is 9.59 Å². The molecule has 7 heteroatoms. The van der Waals surface area contributed by atoms with Crippen LogP contribution in [-0.4, -0.2) is 41.4 Å². The van der Waals surface area contributed by atoms with Crippen LogP contribution in [0.3, 0.4) is 0 Å². The van der Waals surface area contributed by atoms with Gasteiger partial charge in [-0.15, -0.1) is 0 Å². The maximum atomic E-state index is 13.2. The van der Waals surface area contributed by atoms with Crippen LogP contribution >= 0.6 is 11.8 Å². The van der Waals surface area contributed by atoms with Crippen molar-refractivity contribution in [2.75, 3.05) is 19.5 Å². The molecular weight excluding hydrogens is 400 g/mol. The number of fused-ring (bicyclic) bond motifs is 2. The second kappa shape index (κ2) is 8.52. The van der Waals surface area contributed by atoms with Crippen LogP contribution in [0.15, 0.2) is 52.7 Å². The largest absolute Gasteiger partial charge is 0.496 e. The highest BCUT2D eigenvalue weighted by molar-refractivity contribution is 8.15. The van der Waals surface area contributed by atoms with E-state index >= 15 is 0 Å². The zero-order chi connectivity index (χ0) is 21.3. The molecular formula is C23H24N2O4S. The van der Waals surface area contributed by atoms with Crippen LogP contribution in [-0.2, 0) is 14.3 Å². The minimum atomic E-state index is -0.637. The van der Waals surface area contributed by atoms with Gasteiger partial charge in [-0.05, 0) is 30.2 Å². The van der Waals surface area contributed by atoms with E-state index in [1.807, 2.05) is 43.3 Å². The fourth-order valence-corrected chi connectivity index (χ4v) is 4.96. The van der Waals surface area contributed by atoms with E-state index in [2.05, 4.69) is 0 Å². The van der Waals surface area contributed by atoms with Crippen molar-refractivity contribution in [1.82, 2.24) is 4.90 Å². The maximum Gasteiger partial charge on any atom is 0.338 e. The molecule has 2 aromatic carbocycles. The van der Waals surface area contributed by atoms with Gasteiger partial charge in [0.1, 0.15) is 11.8 Å². The van der Waals surface area contributed by atoms with E-state index in [-0.39, 0.29) is 12.5 Å².